The number of rotatable bonds is 3. The molecule has 0 fully saturated rings. The lowest BCUT2D eigenvalue weighted by Crippen LogP contribution is -2.29. The fourth-order valence-electron chi connectivity index (χ4n) is 1.80. The molecule has 21 heavy (non-hydrogen) atoms. The van der Waals surface area contributed by atoms with E-state index in [1.165, 1.54) is 22.3 Å². The fraction of sp³-hybridized carbons (Fsp3) is 0.214. The van der Waals surface area contributed by atoms with Crippen LogP contribution in [0.5, 0.6) is 0 Å². The second-order valence-electron chi connectivity index (χ2n) is 4.50. The topological polar surface area (TPSA) is 20.3 Å². The predicted molar refractivity (Wildman–Crippen MR) is 86.6 cm³/mol. The molecule has 1 unspecified atom stereocenters. The Balaban J connectivity index is 2.23. The normalized spacial score (nSPS) is 12.3. The quantitative estimate of drug-likeness (QED) is 0.629. The molecule has 0 saturated heterocycles. The van der Waals surface area contributed by atoms with Crippen molar-refractivity contribution in [1.29, 1.82) is 0 Å². The Hall–Kier alpha value is -0.790. The second-order valence-corrected chi connectivity index (χ2v) is 7.72. The van der Waals surface area contributed by atoms with Gasteiger partial charge >= 0.3 is 0 Å². The van der Waals surface area contributed by atoms with Crippen LogP contribution in [0.4, 0.5) is 8.78 Å². The van der Waals surface area contributed by atoms with Crippen molar-refractivity contribution in [3.8, 4) is 0 Å². The SMILES string of the molecule is CC(c1ccc(F)c(F)c1)N(C)C(=O)c1cc(Br)c(Br)s1. The maximum atomic E-state index is 13.3. The smallest absolute Gasteiger partial charge is 0.264 e. The van der Waals surface area contributed by atoms with E-state index >= 15 is 0 Å². The molecule has 0 N–H and O–H groups in total. The van der Waals surface area contributed by atoms with Crippen molar-refractivity contribution >= 4 is 49.1 Å². The van der Waals surface area contributed by atoms with Crippen LogP contribution in [0, 0.1) is 11.6 Å². The molecule has 112 valence electrons. The minimum Gasteiger partial charge on any atom is -0.334 e. The molecule has 1 atom stereocenters. The van der Waals surface area contributed by atoms with Gasteiger partial charge in [-0.25, -0.2) is 8.78 Å². The second kappa shape index (κ2) is 6.54. The molecule has 2 aromatic rings. The summed E-state index contributed by atoms with van der Waals surface area (Å²) in [7, 11) is 1.63. The lowest BCUT2D eigenvalue weighted by atomic mass is 10.1. The molecule has 1 amide bonds. The molecule has 0 saturated carbocycles. The summed E-state index contributed by atoms with van der Waals surface area (Å²) in [5, 5.41) is 0. The van der Waals surface area contributed by atoms with Gasteiger partial charge in [-0.2, -0.15) is 0 Å². The van der Waals surface area contributed by atoms with E-state index in [1.54, 1.807) is 20.0 Å². The standard InChI is InChI=1S/C14H11Br2F2NOS/c1-7(8-3-4-10(17)11(18)5-8)19(2)14(20)12-6-9(15)13(16)21-12/h3-7H,1-2H3. The molecule has 2 nitrogen and oxygen atoms in total. The van der Waals surface area contributed by atoms with Gasteiger partial charge in [-0.05, 0) is 62.5 Å². The van der Waals surface area contributed by atoms with Crippen molar-refractivity contribution in [1.82, 2.24) is 4.90 Å². The van der Waals surface area contributed by atoms with Crippen molar-refractivity contribution in [2.45, 2.75) is 13.0 Å². The molecule has 0 aliphatic heterocycles. The van der Waals surface area contributed by atoms with Gasteiger partial charge < -0.3 is 4.90 Å². The minimum atomic E-state index is -0.915. The van der Waals surface area contributed by atoms with Crippen LogP contribution in [0.25, 0.3) is 0 Å². The van der Waals surface area contributed by atoms with Crippen LogP contribution in [0.3, 0.4) is 0 Å². The van der Waals surface area contributed by atoms with E-state index in [-0.39, 0.29) is 11.9 Å². The van der Waals surface area contributed by atoms with Crippen LogP contribution < -0.4 is 0 Å². The maximum Gasteiger partial charge on any atom is 0.264 e. The summed E-state index contributed by atoms with van der Waals surface area (Å²) in [4.78, 5) is 14.5. The van der Waals surface area contributed by atoms with Crippen LogP contribution in [0.15, 0.2) is 32.5 Å². The van der Waals surface area contributed by atoms with Gasteiger partial charge in [-0.15, -0.1) is 11.3 Å². The lowest BCUT2D eigenvalue weighted by Gasteiger charge is -2.25. The molecule has 0 spiro atoms. The Kier molecular flexibility index (Phi) is 5.16. The van der Waals surface area contributed by atoms with E-state index < -0.39 is 11.6 Å². The highest BCUT2D eigenvalue weighted by atomic mass is 79.9. The van der Waals surface area contributed by atoms with Gasteiger partial charge in [-0.3, -0.25) is 4.79 Å². The summed E-state index contributed by atoms with van der Waals surface area (Å²) < 4.78 is 27.9. The Morgan fingerprint density at radius 1 is 1.24 bits per heavy atom. The summed E-state index contributed by atoms with van der Waals surface area (Å²) in [5.41, 5.74) is 0.541. The largest absolute Gasteiger partial charge is 0.334 e. The first kappa shape index (κ1) is 16.6. The number of nitrogens with zero attached hydrogens (tertiary/aromatic N) is 1. The molecule has 0 radical (unpaired) electrons. The van der Waals surface area contributed by atoms with Crippen LogP contribution in [0.2, 0.25) is 0 Å². The molecule has 0 aliphatic rings. The molecule has 1 aromatic carbocycles. The van der Waals surface area contributed by atoms with Crippen molar-refractivity contribution in [3.63, 3.8) is 0 Å². The molecule has 1 aromatic heterocycles. The average molecular weight is 439 g/mol. The van der Waals surface area contributed by atoms with Gasteiger partial charge in [0.1, 0.15) is 0 Å². The van der Waals surface area contributed by atoms with E-state index in [0.29, 0.717) is 10.4 Å². The lowest BCUT2D eigenvalue weighted by molar-refractivity contribution is 0.0747. The number of carbonyl (C=O) groups excluding carboxylic acids is 1. The van der Waals surface area contributed by atoms with E-state index in [9.17, 15) is 13.6 Å². The molecule has 2 rings (SSSR count). The van der Waals surface area contributed by atoms with Crippen molar-refractivity contribution in [2.75, 3.05) is 7.05 Å². The third-order valence-corrected chi connectivity index (χ3v) is 6.43. The van der Waals surface area contributed by atoms with Crippen molar-refractivity contribution in [2.24, 2.45) is 0 Å². The first-order chi connectivity index (χ1) is 9.81. The highest BCUT2D eigenvalue weighted by Gasteiger charge is 2.22. The third kappa shape index (κ3) is 3.52. The van der Waals surface area contributed by atoms with Crippen molar-refractivity contribution in [3.05, 3.63) is 54.6 Å². The maximum absolute atomic E-state index is 13.3. The number of thiophene rings is 1. The Morgan fingerprint density at radius 3 is 2.43 bits per heavy atom. The zero-order chi connectivity index (χ0) is 15.7. The van der Waals surface area contributed by atoms with Gasteiger partial charge in [0.2, 0.25) is 0 Å². The summed E-state index contributed by atoms with van der Waals surface area (Å²) in [6.07, 6.45) is 0. The highest BCUT2D eigenvalue weighted by molar-refractivity contribution is 9.13. The number of carbonyl (C=O) groups is 1. The van der Waals surface area contributed by atoms with Crippen LogP contribution in [0.1, 0.15) is 28.2 Å². The molecule has 7 heteroatoms. The Labute approximate surface area is 142 Å². The molecule has 1 heterocycles. The monoisotopic (exact) mass is 437 g/mol. The minimum absolute atomic E-state index is 0.177. The number of amides is 1. The number of halogens is 4. The zero-order valence-corrected chi connectivity index (χ0v) is 15.2. The molecular weight excluding hydrogens is 428 g/mol. The van der Waals surface area contributed by atoms with Gasteiger partial charge in [0.15, 0.2) is 11.6 Å². The van der Waals surface area contributed by atoms with Crippen LogP contribution >= 0.6 is 43.2 Å². The van der Waals surface area contributed by atoms with Gasteiger partial charge in [0.05, 0.1) is 14.7 Å². The Bertz CT molecular complexity index is 670. The summed E-state index contributed by atoms with van der Waals surface area (Å²) in [6, 6.07) is 5.02. The van der Waals surface area contributed by atoms with Gasteiger partial charge in [0, 0.05) is 11.5 Å². The third-order valence-electron chi connectivity index (χ3n) is 3.18. The summed E-state index contributed by atoms with van der Waals surface area (Å²) in [5.74, 6) is -1.99. The van der Waals surface area contributed by atoms with Crippen molar-refractivity contribution < 1.29 is 13.6 Å². The van der Waals surface area contributed by atoms with Crippen LogP contribution in [-0.2, 0) is 0 Å². The first-order valence-corrected chi connectivity index (χ1v) is 8.38. The number of benzene rings is 1. The predicted octanol–water partition coefficient (Wildman–Crippen LogP) is 5.38. The van der Waals surface area contributed by atoms with E-state index in [0.717, 1.165) is 20.4 Å². The summed E-state index contributed by atoms with van der Waals surface area (Å²) >= 11 is 7.99. The van der Waals surface area contributed by atoms with Gasteiger partial charge in [0.25, 0.3) is 5.91 Å². The first-order valence-electron chi connectivity index (χ1n) is 5.98. The highest BCUT2D eigenvalue weighted by Crippen LogP contribution is 2.34. The van der Waals surface area contributed by atoms with E-state index in [4.69, 9.17) is 0 Å². The average Bonchev–Trinajstić information content (AvgIpc) is 2.79. The summed E-state index contributed by atoms with van der Waals surface area (Å²) in [6.45, 7) is 1.77. The molecular formula is C14H11Br2F2NOS. The van der Waals surface area contributed by atoms with Gasteiger partial charge in [-0.1, -0.05) is 6.07 Å². The number of hydrogen-bond acceptors (Lipinski definition) is 2. The van der Waals surface area contributed by atoms with E-state index in [2.05, 4.69) is 31.9 Å². The fourth-order valence-corrected chi connectivity index (χ4v) is 3.82. The van der Waals surface area contributed by atoms with Crippen LogP contribution in [-0.4, -0.2) is 17.9 Å². The van der Waals surface area contributed by atoms with E-state index in [1.807, 2.05) is 0 Å². The number of hydrogen-bond donors (Lipinski definition) is 0. The molecule has 0 bridgehead atoms. The molecule has 0 aliphatic carbocycles. The Morgan fingerprint density at radius 2 is 1.90 bits per heavy atom. The zero-order valence-electron chi connectivity index (χ0n) is 11.2.